The second-order valence-corrected chi connectivity index (χ2v) is 11.2. The summed E-state index contributed by atoms with van der Waals surface area (Å²) in [5.74, 6) is 0.321. The van der Waals surface area contributed by atoms with E-state index in [1.54, 1.807) is 12.1 Å². The van der Waals surface area contributed by atoms with Crippen LogP contribution in [0.1, 0.15) is 102 Å². The summed E-state index contributed by atoms with van der Waals surface area (Å²) in [4.78, 5) is 23.8. The molecule has 0 fully saturated rings. The van der Waals surface area contributed by atoms with Crippen molar-refractivity contribution in [1.29, 1.82) is 0 Å². The van der Waals surface area contributed by atoms with E-state index in [4.69, 9.17) is 14.2 Å². The van der Waals surface area contributed by atoms with Gasteiger partial charge in [-0.1, -0.05) is 95.5 Å². The Hall–Kier alpha value is -3.80. The summed E-state index contributed by atoms with van der Waals surface area (Å²) >= 11 is 0. The zero-order valence-electron chi connectivity index (χ0n) is 26.1. The summed E-state index contributed by atoms with van der Waals surface area (Å²) in [6.07, 6.45) is 11.6. The molecule has 6 nitrogen and oxygen atoms in total. The van der Waals surface area contributed by atoms with Gasteiger partial charge in [0, 0.05) is 6.42 Å². The number of esters is 1. The minimum Gasteiger partial charge on any atom is -0.494 e. The van der Waals surface area contributed by atoms with Gasteiger partial charge in [0.1, 0.15) is 24.2 Å². The molecule has 6 heteroatoms. The van der Waals surface area contributed by atoms with Crippen molar-refractivity contribution in [3.05, 3.63) is 72.3 Å². The molecule has 0 saturated carbocycles. The fourth-order valence-electron chi connectivity index (χ4n) is 4.93. The van der Waals surface area contributed by atoms with Crippen LogP contribution in [0.15, 0.2) is 66.7 Å². The zero-order valence-corrected chi connectivity index (χ0v) is 26.1. The number of rotatable bonds is 20. The van der Waals surface area contributed by atoms with E-state index in [1.807, 2.05) is 61.5 Å². The molecular weight excluding hydrogens is 540 g/mol. The van der Waals surface area contributed by atoms with Gasteiger partial charge in [-0.3, -0.25) is 4.79 Å². The lowest BCUT2D eigenvalue weighted by Crippen LogP contribution is -2.21. The molecule has 0 aliphatic rings. The molecule has 0 radical (unpaired) electrons. The Kier molecular flexibility index (Phi) is 14.6. The lowest BCUT2D eigenvalue weighted by atomic mass is 9.92. The van der Waals surface area contributed by atoms with Crippen LogP contribution in [-0.2, 0) is 9.53 Å². The van der Waals surface area contributed by atoms with E-state index in [0.29, 0.717) is 18.8 Å². The summed E-state index contributed by atoms with van der Waals surface area (Å²) < 4.78 is 17.3. The number of hydrogen-bond acceptors (Lipinski definition) is 5. The van der Waals surface area contributed by atoms with Gasteiger partial charge in [-0.15, -0.1) is 0 Å². The molecule has 0 aromatic heterocycles. The fourth-order valence-corrected chi connectivity index (χ4v) is 4.93. The minimum atomic E-state index is -0.972. The summed E-state index contributed by atoms with van der Waals surface area (Å²) in [6, 6.07) is 20.7. The van der Waals surface area contributed by atoms with Crippen LogP contribution in [0.25, 0.3) is 22.3 Å². The number of ether oxygens (including phenoxy) is 3. The summed E-state index contributed by atoms with van der Waals surface area (Å²) in [5, 5.41) is 9.64. The maximum absolute atomic E-state index is 12.0. The molecule has 0 heterocycles. The van der Waals surface area contributed by atoms with Crippen LogP contribution in [0, 0.1) is 0 Å². The van der Waals surface area contributed by atoms with Crippen molar-refractivity contribution in [1.82, 2.24) is 0 Å². The van der Waals surface area contributed by atoms with Gasteiger partial charge in [0.25, 0.3) is 0 Å². The Morgan fingerprint density at radius 3 is 1.86 bits per heavy atom. The molecule has 3 rings (SSSR count). The summed E-state index contributed by atoms with van der Waals surface area (Å²) in [7, 11) is 0. The van der Waals surface area contributed by atoms with E-state index in [1.165, 1.54) is 32.1 Å². The van der Waals surface area contributed by atoms with Gasteiger partial charge in [-0.25, -0.2) is 4.79 Å². The van der Waals surface area contributed by atoms with Gasteiger partial charge >= 0.3 is 11.9 Å². The Labute approximate surface area is 257 Å². The highest BCUT2D eigenvalue weighted by atomic mass is 16.6. The maximum Gasteiger partial charge on any atom is 0.335 e. The van der Waals surface area contributed by atoms with Crippen molar-refractivity contribution in [2.24, 2.45) is 0 Å². The predicted molar refractivity (Wildman–Crippen MR) is 173 cm³/mol. The van der Waals surface area contributed by atoms with E-state index in [9.17, 15) is 14.7 Å². The van der Waals surface area contributed by atoms with Gasteiger partial charge in [0.15, 0.2) is 0 Å². The monoisotopic (exact) mass is 588 g/mol. The number of aromatic carboxylic acids is 1. The van der Waals surface area contributed by atoms with Gasteiger partial charge in [-0.2, -0.15) is 0 Å². The molecule has 0 amide bonds. The first-order valence-corrected chi connectivity index (χ1v) is 15.9. The number of carbonyl (C=O) groups excluding carboxylic acids is 1. The number of carbonyl (C=O) groups is 2. The Morgan fingerprint density at radius 1 is 0.674 bits per heavy atom. The minimum absolute atomic E-state index is 0.189. The smallest absolute Gasteiger partial charge is 0.335 e. The molecule has 3 aromatic rings. The van der Waals surface area contributed by atoms with E-state index in [0.717, 1.165) is 60.1 Å². The third kappa shape index (κ3) is 11.8. The van der Waals surface area contributed by atoms with Crippen LogP contribution >= 0.6 is 0 Å². The molecular formula is C37H48O6. The van der Waals surface area contributed by atoms with Gasteiger partial charge in [0.05, 0.1) is 12.2 Å². The maximum atomic E-state index is 12.0. The van der Waals surface area contributed by atoms with Crippen molar-refractivity contribution in [2.45, 2.75) is 97.5 Å². The molecule has 0 unspecified atom stereocenters. The molecule has 1 N–H and O–H groups in total. The molecule has 43 heavy (non-hydrogen) atoms. The van der Waals surface area contributed by atoms with Crippen molar-refractivity contribution in [3.8, 4) is 33.8 Å². The number of hydrogen-bond donors (Lipinski definition) is 1. The third-order valence-electron chi connectivity index (χ3n) is 7.42. The number of carboxylic acids is 1. The van der Waals surface area contributed by atoms with Crippen LogP contribution in [-0.4, -0.2) is 36.4 Å². The molecule has 0 aliphatic heterocycles. The average Bonchev–Trinajstić information content (AvgIpc) is 3.02. The largest absolute Gasteiger partial charge is 0.494 e. The van der Waals surface area contributed by atoms with Crippen LogP contribution in [0.3, 0.4) is 0 Å². The quantitative estimate of drug-likeness (QED) is 0.104. The lowest BCUT2D eigenvalue weighted by molar-refractivity contribution is -0.149. The number of carboxylic acid groups (broad SMARTS) is 1. The summed E-state index contributed by atoms with van der Waals surface area (Å²) in [5.41, 5.74) is 3.83. The van der Waals surface area contributed by atoms with Crippen molar-refractivity contribution in [2.75, 3.05) is 13.2 Å². The first-order valence-electron chi connectivity index (χ1n) is 15.9. The molecule has 1 atom stereocenters. The first-order chi connectivity index (χ1) is 20.9. The summed E-state index contributed by atoms with van der Waals surface area (Å²) in [6.45, 7) is 7.16. The van der Waals surface area contributed by atoms with Gasteiger partial charge in [-0.05, 0) is 78.4 Å². The fraction of sp³-hybridized carbons (Fsp3) is 0.459. The van der Waals surface area contributed by atoms with E-state index >= 15 is 0 Å². The molecule has 0 saturated heterocycles. The lowest BCUT2D eigenvalue weighted by Gasteiger charge is -2.15. The third-order valence-corrected chi connectivity index (χ3v) is 7.42. The second-order valence-electron chi connectivity index (χ2n) is 11.2. The number of benzene rings is 3. The molecule has 0 spiro atoms. The van der Waals surface area contributed by atoms with Crippen LogP contribution in [0.5, 0.6) is 11.5 Å². The van der Waals surface area contributed by atoms with Crippen molar-refractivity contribution >= 4 is 11.9 Å². The molecule has 0 bridgehead atoms. The average molecular weight is 589 g/mol. The van der Waals surface area contributed by atoms with Crippen LogP contribution in [0.2, 0.25) is 0 Å². The Bertz CT molecular complexity index is 1250. The normalized spacial score (nSPS) is 11.6. The van der Waals surface area contributed by atoms with Crippen molar-refractivity contribution in [3.63, 3.8) is 0 Å². The highest BCUT2D eigenvalue weighted by molar-refractivity contribution is 5.93. The van der Waals surface area contributed by atoms with E-state index in [-0.39, 0.29) is 24.2 Å². The van der Waals surface area contributed by atoms with E-state index in [2.05, 4.69) is 13.8 Å². The van der Waals surface area contributed by atoms with Gasteiger partial charge < -0.3 is 19.3 Å². The molecule has 232 valence electrons. The van der Waals surface area contributed by atoms with Crippen molar-refractivity contribution < 1.29 is 28.9 Å². The standard InChI is InChI=1S/C37H48O6/c1-4-6-8-10-11-13-25-41-32-20-15-29(16-21-32)34-24-19-31(37(39)40)26-35(34)30-17-22-33(23-18-30)42-27-28(3)43-36(38)14-12-9-7-5-2/h15-24,26,28H,4-14,25,27H2,1-3H3,(H,39,40)/t28-/m0/s1. The highest BCUT2D eigenvalue weighted by Crippen LogP contribution is 2.35. The molecule has 0 aliphatic carbocycles. The van der Waals surface area contributed by atoms with E-state index < -0.39 is 5.97 Å². The second kappa shape index (κ2) is 18.7. The molecule has 3 aromatic carbocycles. The Balaban J connectivity index is 1.62. The highest BCUT2D eigenvalue weighted by Gasteiger charge is 2.14. The van der Waals surface area contributed by atoms with Crippen LogP contribution < -0.4 is 9.47 Å². The predicted octanol–water partition coefficient (Wildman–Crippen LogP) is 9.74. The van der Waals surface area contributed by atoms with Gasteiger partial charge in [0.2, 0.25) is 0 Å². The topological polar surface area (TPSA) is 82.1 Å². The SMILES string of the molecule is CCCCCCCCOc1ccc(-c2ccc(C(=O)O)cc2-c2ccc(OC[C@H](C)OC(=O)CCCCCC)cc2)cc1. The van der Waals surface area contributed by atoms with Crippen LogP contribution in [0.4, 0.5) is 0 Å². The zero-order chi connectivity index (χ0) is 30.9. The number of unbranched alkanes of at least 4 members (excludes halogenated alkanes) is 8. The first kappa shape index (κ1) is 33.7. The Morgan fingerprint density at radius 2 is 1.23 bits per heavy atom.